The molecular weight excluding hydrogens is 378 g/mol. The van der Waals surface area contributed by atoms with Crippen molar-refractivity contribution in [2.24, 2.45) is 4.99 Å². The quantitative estimate of drug-likeness (QED) is 0.824. The maximum Gasteiger partial charge on any atom is 0.255 e. The minimum atomic E-state index is -3.57. The molecule has 2 aliphatic rings. The van der Waals surface area contributed by atoms with E-state index >= 15 is 0 Å². The molecule has 0 atom stereocenters. The molecule has 27 heavy (non-hydrogen) atoms. The van der Waals surface area contributed by atoms with Gasteiger partial charge in [-0.1, -0.05) is 53.7 Å². The highest BCUT2D eigenvalue weighted by Gasteiger charge is 2.26. The van der Waals surface area contributed by atoms with Crippen LogP contribution in [-0.4, -0.2) is 31.6 Å². The lowest BCUT2D eigenvalue weighted by atomic mass is 10.1. The van der Waals surface area contributed by atoms with Crippen molar-refractivity contribution >= 4 is 44.4 Å². The minimum absolute atomic E-state index is 0.536. The molecule has 0 aromatic heterocycles. The van der Waals surface area contributed by atoms with Gasteiger partial charge >= 0.3 is 0 Å². The number of benzene rings is 2. The van der Waals surface area contributed by atoms with Crippen LogP contribution in [0.3, 0.4) is 0 Å². The van der Waals surface area contributed by atoms with Gasteiger partial charge < -0.3 is 4.90 Å². The predicted octanol–water partition coefficient (Wildman–Crippen LogP) is 4.12. The first-order valence-electron chi connectivity index (χ1n) is 8.57. The van der Waals surface area contributed by atoms with Crippen molar-refractivity contribution in [2.45, 2.75) is 6.92 Å². The minimum Gasteiger partial charge on any atom is -0.318 e. The van der Waals surface area contributed by atoms with Gasteiger partial charge in [0.2, 0.25) is 0 Å². The summed E-state index contributed by atoms with van der Waals surface area (Å²) in [5, 5.41) is 4.31. The van der Waals surface area contributed by atoms with E-state index in [1.54, 1.807) is 30.0 Å². The monoisotopic (exact) mass is 397 g/mol. The van der Waals surface area contributed by atoms with Crippen LogP contribution in [-0.2, 0) is 10.0 Å². The molecule has 0 fully saturated rings. The van der Waals surface area contributed by atoms with E-state index in [9.17, 15) is 8.42 Å². The third-order valence-corrected chi connectivity index (χ3v) is 6.24. The Labute approximate surface area is 163 Å². The van der Waals surface area contributed by atoms with E-state index < -0.39 is 10.0 Å². The Bertz CT molecular complexity index is 1040. The number of nitrogens with one attached hydrogen (secondary N) is 1. The van der Waals surface area contributed by atoms with Gasteiger partial charge in [-0.2, -0.15) is 0 Å². The summed E-state index contributed by atoms with van der Waals surface area (Å²) in [6.07, 6.45) is 1.59. The lowest BCUT2D eigenvalue weighted by molar-refractivity contribution is 0.609. The molecule has 0 spiro atoms. The molecule has 4 rings (SSSR count). The average Bonchev–Trinajstić information content (AvgIpc) is 3.25. The van der Waals surface area contributed by atoms with Crippen LogP contribution in [0, 0.1) is 6.92 Å². The lowest BCUT2D eigenvalue weighted by Gasteiger charge is -2.16. The molecule has 0 saturated heterocycles. The number of hydrogen-bond acceptors (Lipinski definition) is 5. The van der Waals surface area contributed by atoms with E-state index in [0.29, 0.717) is 5.69 Å². The molecular formula is C20H19N3O2S2. The molecule has 0 unspecified atom stereocenters. The second-order valence-electron chi connectivity index (χ2n) is 6.37. The zero-order valence-corrected chi connectivity index (χ0v) is 16.4. The SMILES string of the molecule is Cc1ccc(C=CS(=O)(=O)Nc2ccc(C3=CSC4=NCCN34)cc2)cc1. The van der Waals surface area contributed by atoms with Crippen molar-refractivity contribution in [1.29, 1.82) is 0 Å². The van der Waals surface area contributed by atoms with Crippen molar-refractivity contribution in [3.05, 3.63) is 76.0 Å². The Morgan fingerprint density at radius 3 is 2.59 bits per heavy atom. The zero-order valence-electron chi connectivity index (χ0n) is 14.8. The van der Waals surface area contributed by atoms with Crippen LogP contribution in [0.1, 0.15) is 16.7 Å². The van der Waals surface area contributed by atoms with Crippen molar-refractivity contribution in [1.82, 2.24) is 4.90 Å². The van der Waals surface area contributed by atoms with Gasteiger partial charge in [0.05, 0.1) is 17.6 Å². The van der Waals surface area contributed by atoms with E-state index in [1.807, 2.05) is 43.3 Å². The Hall–Kier alpha value is -2.51. The van der Waals surface area contributed by atoms with E-state index in [1.165, 1.54) is 5.41 Å². The van der Waals surface area contributed by atoms with Gasteiger partial charge in [0.1, 0.15) is 0 Å². The number of rotatable bonds is 5. The third kappa shape index (κ3) is 4.09. The summed E-state index contributed by atoms with van der Waals surface area (Å²) in [5.74, 6) is 0. The number of sulfonamides is 1. The molecule has 2 aromatic rings. The highest BCUT2D eigenvalue weighted by atomic mass is 32.2. The second kappa shape index (κ2) is 7.25. The largest absolute Gasteiger partial charge is 0.318 e. The molecule has 0 aliphatic carbocycles. The summed E-state index contributed by atoms with van der Waals surface area (Å²) in [6.45, 7) is 3.71. The highest BCUT2D eigenvalue weighted by molar-refractivity contribution is 8.16. The Morgan fingerprint density at radius 2 is 1.85 bits per heavy atom. The van der Waals surface area contributed by atoms with E-state index in [0.717, 1.165) is 40.6 Å². The van der Waals surface area contributed by atoms with Crippen LogP contribution in [0.2, 0.25) is 0 Å². The molecule has 138 valence electrons. The summed E-state index contributed by atoms with van der Waals surface area (Å²) in [4.78, 5) is 6.63. The van der Waals surface area contributed by atoms with E-state index in [4.69, 9.17) is 0 Å². The maximum atomic E-state index is 12.3. The van der Waals surface area contributed by atoms with Crippen LogP contribution in [0.5, 0.6) is 0 Å². The number of nitrogens with zero attached hydrogens (tertiary/aromatic N) is 2. The van der Waals surface area contributed by atoms with E-state index in [2.05, 4.69) is 20.0 Å². The lowest BCUT2D eigenvalue weighted by Crippen LogP contribution is -2.19. The average molecular weight is 398 g/mol. The first-order valence-corrected chi connectivity index (χ1v) is 11.0. The van der Waals surface area contributed by atoms with Gasteiger partial charge in [0.15, 0.2) is 5.17 Å². The smallest absolute Gasteiger partial charge is 0.255 e. The van der Waals surface area contributed by atoms with Gasteiger partial charge in [-0.05, 0) is 36.3 Å². The molecule has 0 saturated carbocycles. The van der Waals surface area contributed by atoms with Crippen LogP contribution in [0.25, 0.3) is 11.8 Å². The Kier molecular flexibility index (Phi) is 4.80. The van der Waals surface area contributed by atoms with Crippen molar-refractivity contribution < 1.29 is 8.42 Å². The number of amidine groups is 1. The fourth-order valence-corrected chi connectivity index (χ4v) is 4.73. The van der Waals surface area contributed by atoms with Crippen LogP contribution in [0.15, 0.2) is 64.3 Å². The highest BCUT2D eigenvalue weighted by Crippen LogP contribution is 2.35. The van der Waals surface area contributed by atoms with Crippen molar-refractivity contribution in [2.75, 3.05) is 17.8 Å². The van der Waals surface area contributed by atoms with Gasteiger partial charge in [-0.25, -0.2) is 8.42 Å². The topological polar surface area (TPSA) is 61.8 Å². The molecule has 1 N–H and O–H groups in total. The number of aryl methyl sites for hydroxylation is 1. The molecule has 0 radical (unpaired) electrons. The van der Waals surface area contributed by atoms with Crippen LogP contribution in [0.4, 0.5) is 5.69 Å². The molecule has 2 heterocycles. The van der Waals surface area contributed by atoms with E-state index in [-0.39, 0.29) is 0 Å². The number of fused-ring (bicyclic) bond motifs is 1. The molecule has 2 aromatic carbocycles. The number of thioether (sulfide) groups is 1. The Morgan fingerprint density at radius 1 is 1.11 bits per heavy atom. The van der Waals surface area contributed by atoms with Gasteiger partial charge in [-0.15, -0.1) is 0 Å². The maximum absolute atomic E-state index is 12.3. The summed E-state index contributed by atoms with van der Waals surface area (Å²) in [5.41, 5.74) is 4.68. The molecule has 0 amide bonds. The van der Waals surface area contributed by atoms with Gasteiger partial charge in [0.25, 0.3) is 10.0 Å². The molecule has 5 nitrogen and oxygen atoms in total. The van der Waals surface area contributed by atoms with Crippen LogP contribution < -0.4 is 4.72 Å². The summed E-state index contributed by atoms with van der Waals surface area (Å²) in [6, 6.07) is 15.1. The first-order chi connectivity index (χ1) is 13.0. The van der Waals surface area contributed by atoms with Crippen molar-refractivity contribution in [3.8, 4) is 0 Å². The van der Waals surface area contributed by atoms with Gasteiger partial charge in [0, 0.05) is 17.6 Å². The summed E-state index contributed by atoms with van der Waals surface area (Å²) in [7, 11) is -3.57. The number of anilines is 1. The zero-order chi connectivity index (χ0) is 18.9. The first kappa shape index (κ1) is 17.9. The van der Waals surface area contributed by atoms with Crippen LogP contribution >= 0.6 is 11.8 Å². The van der Waals surface area contributed by atoms with Gasteiger partial charge in [-0.3, -0.25) is 9.71 Å². The Balaban J connectivity index is 1.45. The van der Waals surface area contributed by atoms with Crippen molar-refractivity contribution in [3.63, 3.8) is 0 Å². The normalized spacial score (nSPS) is 16.4. The molecule has 0 bridgehead atoms. The molecule has 2 aliphatic heterocycles. The number of hydrogen-bond donors (Lipinski definition) is 1. The molecule has 7 heteroatoms. The predicted molar refractivity (Wildman–Crippen MR) is 114 cm³/mol. The second-order valence-corrected chi connectivity index (χ2v) is 8.78. The fourth-order valence-electron chi connectivity index (χ4n) is 2.90. The number of aliphatic imine (C=N–C) groups is 1. The standard InChI is InChI=1S/C20H19N3O2S2/c1-15-2-4-16(5-3-15)10-13-27(24,25)22-18-8-6-17(7-9-18)19-14-26-20-21-11-12-23(19)20/h2-10,13-14,22H,11-12H2,1H3. The summed E-state index contributed by atoms with van der Waals surface area (Å²) >= 11 is 1.63. The third-order valence-electron chi connectivity index (χ3n) is 4.33. The fraction of sp³-hybridized carbons (Fsp3) is 0.150. The summed E-state index contributed by atoms with van der Waals surface area (Å²) < 4.78 is 27.2.